The van der Waals surface area contributed by atoms with E-state index in [2.05, 4.69) is 50.1 Å². The van der Waals surface area contributed by atoms with Crippen molar-refractivity contribution < 1.29 is 0 Å². The van der Waals surface area contributed by atoms with E-state index in [4.69, 9.17) is 5.26 Å². The van der Waals surface area contributed by atoms with Gasteiger partial charge in [0.25, 0.3) is 0 Å². The van der Waals surface area contributed by atoms with Crippen molar-refractivity contribution in [2.24, 2.45) is 0 Å². The van der Waals surface area contributed by atoms with Crippen LogP contribution >= 0.6 is 0 Å². The molecule has 0 amide bonds. The average molecular weight is 202 g/mol. The Bertz CT molecular complexity index is 363. The maximum Gasteiger partial charge on any atom is 0.0635 e. The first-order valence-electron chi connectivity index (χ1n) is 5.25. The van der Waals surface area contributed by atoms with Gasteiger partial charge in [0, 0.05) is 19.5 Å². The van der Waals surface area contributed by atoms with E-state index >= 15 is 0 Å². The van der Waals surface area contributed by atoms with Crippen molar-refractivity contribution in [3.8, 4) is 6.07 Å². The van der Waals surface area contributed by atoms with Crippen LogP contribution in [0.3, 0.4) is 0 Å². The molecule has 1 aromatic rings. The zero-order chi connectivity index (χ0) is 11.3. The highest BCUT2D eigenvalue weighted by atomic mass is 15.1. The molecule has 0 saturated carbocycles. The third kappa shape index (κ3) is 3.73. The molecular formula is C13H18N2. The molecule has 0 aromatic heterocycles. The molecule has 80 valence electrons. The Morgan fingerprint density at radius 2 is 2.07 bits per heavy atom. The van der Waals surface area contributed by atoms with Gasteiger partial charge in [0.15, 0.2) is 0 Å². The normalized spacial score (nSPS) is 10.3. The second-order valence-electron chi connectivity index (χ2n) is 4.08. The molecule has 0 bridgehead atoms. The van der Waals surface area contributed by atoms with Gasteiger partial charge < -0.3 is 4.90 Å². The molecule has 0 unspecified atom stereocenters. The van der Waals surface area contributed by atoms with E-state index < -0.39 is 0 Å². The van der Waals surface area contributed by atoms with Crippen LogP contribution in [0.15, 0.2) is 18.2 Å². The molecule has 15 heavy (non-hydrogen) atoms. The van der Waals surface area contributed by atoms with Crippen LogP contribution in [-0.2, 0) is 6.54 Å². The maximum absolute atomic E-state index is 8.50. The van der Waals surface area contributed by atoms with Crippen molar-refractivity contribution in [3.05, 3.63) is 34.9 Å². The minimum Gasteiger partial charge on any atom is -0.301 e. The minimum absolute atomic E-state index is 0.599. The van der Waals surface area contributed by atoms with E-state index in [9.17, 15) is 0 Å². The molecule has 1 aromatic carbocycles. The van der Waals surface area contributed by atoms with Crippen LogP contribution in [0.5, 0.6) is 0 Å². The van der Waals surface area contributed by atoms with E-state index in [1.807, 2.05) is 0 Å². The molecule has 0 aliphatic carbocycles. The predicted molar refractivity (Wildman–Crippen MR) is 62.5 cm³/mol. The summed E-state index contributed by atoms with van der Waals surface area (Å²) in [5.74, 6) is 0. The lowest BCUT2D eigenvalue weighted by Crippen LogP contribution is -2.19. The Hall–Kier alpha value is -1.33. The molecule has 0 radical (unpaired) electrons. The third-order valence-electron chi connectivity index (χ3n) is 2.54. The Labute approximate surface area is 92.1 Å². The van der Waals surface area contributed by atoms with Gasteiger partial charge in [-0.2, -0.15) is 5.26 Å². The molecular weight excluding hydrogens is 184 g/mol. The molecule has 0 heterocycles. The highest BCUT2D eigenvalue weighted by Crippen LogP contribution is 2.12. The van der Waals surface area contributed by atoms with Crippen LogP contribution in [0.4, 0.5) is 0 Å². The quantitative estimate of drug-likeness (QED) is 0.750. The number of aryl methyl sites for hydroxylation is 2. The minimum atomic E-state index is 0.599. The smallest absolute Gasteiger partial charge is 0.0635 e. The summed E-state index contributed by atoms with van der Waals surface area (Å²) in [6.07, 6.45) is 0.599. The maximum atomic E-state index is 8.50. The fourth-order valence-corrected chi connectivity index (χ4v) is 1.63. The van der Waals surface area contributed by atoms with Crippen LogP contribution in [0, 0.1) is 25.2 Å². The van der Waals surface area contributed by atoms with E-state index in [0.717, 1.165) is 13.1 Å². The van der Waals surface area contributed by atoms with Crippen molar-refractivity contribution in [2.45, 2.75) is 26.8 Å². The third-order valence-corrected chi connectivity index (χ3v) is 2.54. The first kappa shape index (κ1) is 11.7. The summed E-state index contributed by atoms with van der Waals surface area (Å²) >= 11 is 0. The molecule has 0 aliphatic rings. The van der Waals surface area contributed by atoms with Gasteiger partial charge >= 0.3 is 0 Å². The highest BCUT2D eigenvalue weighted by Gasteiger charge is 2.02. The summed E-state index contributed by atoms with van der Waals surface area (Å²) in [5.41, 5.74) is 3.98. The molecule has 0 N–H and O–H groups in total. The number of benzene rings is 1. The molecule has 0 aliphatic heterocycles. The van der Waals surface area contributed by atoms with Crippen LogP contribution in [0.1, 0.15) is 23.1 Å². The van der Waals surface area contributed by atoms with E-state index in [-0.39, 0.29) is 0 Å². The van der Waals surface area contributed by atoms with Gasteiger partial charge in [-0.05, 0) is 32.0 Å². The topological polar surface area (TPSA) is 27.0 Å². The van der Waals surface area contributed by atoms with Crippen LogP contribution in [0.2, 0.25) is 0 Å². The van der Waals surface area contributed by atoms with Crippen LogP contribution in [0.25, 0.3) is 0 Å². The van der Waals surface area contributed by atoms with Crippen molar-refractivity contribution in [2.75, 3.05) is 13.6 Å². The first-order valence-corrected chi connectivity index (χ1v) is 5.25. The lowest BCUT2D eigenvalue weighted by Gasteiger charge is -2.16. The summed E-state index contributed by atoms with van der Waals surface area (Å²) in [6, 6.07) is 8.68. The van der Waals surface area contributed by atoms with Gasteiger partial charge in [0.2, 0.25) is 0 Å². The van der Waals surface area contributed by atoms with E-state index in [1.165, 1.54) is 16.7 Å². The largest absolute Gasteiger partial charge is 0.301 e. The highest BCUT2D eigenvalue weighted by molar-refractivity contribution is 5.30. The SMILES string of the molecule is Cc1ccc(CN(C)CCC#N)c(C)c1. The van der Waals surface area contributed by atoms with Crippen molar-refractivity contribution in [1.29, 1.82) is 5.26 Å². The lowest BCUT2D eigenvalue weighted by atomic mass is 10.1. The summed E-state index contributed by atoms with van der Waals surface area (Å²) in [4.78, 5) is 2.18. The second kappa shape index (κ2) is 5.53. The van der Waals surface area contributed by atoms with Crippen molar-refractivity contribution in [1.82, 2.24) is 4.90 Å². The van der Waals surface area contributed by atoms with Crippen molar-refractivity contribution in [3.63, 3.8) is 0 Å². The molecule has 1 rings (SSSR count). The van der Waals surface area contributed by atoms with Gasteiger partial charge in [-0.3, -0.25) is 0 Å². The molecule has 0 saturated heterocycles. The summed E-state index contributed by atoms with van der Waals surface area (Å²) in [6.45, 7) is 6.01. The number of nitrogens with zero attached hydrogens (tertiary/aromatic N) is 2. The van der Waals surface area contributed by atoms with Crippen LogP contribution < -0.4 is 0 Å². The number of nitriles is 1. The Balaban J connectivity index is 2.61. The molecule has 0 atom stereocenters. The van der Waals surface area contributed by atoms with Gasteiger partial charge in [-0.1, -0.05) is 23.8 Å². The van der Waals surface area contributed by atoms with Gasteiger partial charge in [0.1, 0.15) is 0 Å². The van der Waals surface area contributed by atoms with Crippen molar-refractivity contribution >= 4 is 0 Å². The Morgan fingerprint density at radius 1 is 1.33 bits per heavy atom. The molecule has 2 nitrogen and oxygen atoms in total. The number of hydrogen-bond acceptors (Lipinski definition) is 2. The average Bonchev–Trinajstić information content (AvgIpc) is 2.19. The standard InChI is InChI=1S/C13H18N2/c1-11-5-6-13(12(2)9-11)10-15(3)8-4-7-14/h5-6,9H,4,8,10H2,1-3H3. The van der Waals surface area contributed by atoms with Gasteiger partial charge in [-0.25, -0.2) is 0 Å². The van der Waals surface area contributed by atoms with Gasteiger partial charge in [0.05, 0.1) is 6.07 Å². The summed E-state index contributed by atoms with van der Waals surface area (Å²) < 4.78 is 0. The first-order chi connectivity index (χ1) is 7.13. The fraction of sp³-hybridized carbons (Fsp3) is 0.462. The van der Waals surface area contributed by atoms with Gasteiger partial charge in [-0.15, -0.1) is 0 Å². The zero-order valence-electron chi connectivity index (χ0n) is 9.75. The molecule has 0 spiro atoms. The van der Waals surface area contributed by atoms with E-state index in [1.54, 1.807) is 0 Å². The van der Waals surface area contributed by atoms with Crippen LogP contribution in [-0.4, -0.2) is 18.5 Å². The lowest BCUT2D eigenvalue weighted by molar-refractivity contribution is 0.334. The molecule has 2 heteroatoms. The Morgan fingerprint density at radius 3 is 2.67 bits per heavy atom. The number of hydrogen-bond donors (Lipinski definition) is 0. The monoisotopic (exact) mass is 202 g/mol. The Kier molecular flexibility index (Phi) is 4.33. The fourth-order valence-electron chi connectivity index (χ4n) is 1.63. The van der Waals surface area contributed by atoms with E-state index in [0.29, 0.717) is 6.42 Å². The number of rotatable bonds is 4. The second-order valence-corrected chi connectivity index (χ2v) is 4.08. The summed E-state index contributed by atoms with van der Waals surface area (Å²) in [5, 5.41) is 8.50. The zero-order valence-corrected chi connectivity index (χ0v) is 9.75. The molecule has 0 fully saturated rings. The predicted octanol–water partition coefficient (Wildman–Crippen LogP) is 2.65. The summed E-state index contributed by atoms with van der Waals surface area (Å²) in [7, 11) is 2.05.